The minimum atomic E-state index is -0.235. The first-order chi connectivity index (χ1) is 20.1. The molecule has 4 aliphatic rings. The van der Waals surface area contributed by atoms with Crippen molar-refractivity contribution in [3.05, 3.63) is 104 Å². The van der Waals surface area contributed by atoms with Crippen LogP contribution < -0.4 is 10.9 Å². The van der Waals surface area contributed by atoms with Gasteiger partial charge in [0.25, 0.3) is 0 Å². The highest BCUT2D eigenvalue weighted by molar-refractivity contribution is 9.10. The fourth-order valence-electron chi connectivity index (χ4n) is 6.85. The Balaban J connectivity index is 0.000000148. The molecule has 0 amide bonds. The monoisotopic (exact) mass is 684 g/mol. The highest BCUT2D eigenvalue weighted by Gasteiger charge is 2.39. The molecule has 2 heterocycles. The Bertz CT molecular complexity index is 1570. The van der Waals surface area contributed by atoms with E-state index >= 15 is 0 Å². The first kappa shape index (κ1) is 28.6. The van der Waals surface area contributed by atoms with Crippen LogP contribution in [0.4, 0.5) is 0 Å². The quantitative estimate of drug-likeness (QED) is 0.213. The van der Waals surface area contributed by atoms with Crippen LogP contribution in [-0.4, -0.2) is 40.7 Å². The summed E-state index contributed by atoms with van der Waals surface area (Å²) in [5.41, 5.74) is 13.0. The molecule has 0 N–H and O–H groups in total. The number of halogens is 2. The molecule has 0 aromatic heterocycles. The minimum Gasteiger partial charge on any atom is -0.405 e. The lowest BCUT2D eigenvalue weighted by atomic mass is 9.73. The molecule has 2 saturated heterocycles. The van der Waals surface area contributed by atoms with E-state index in [9.17, 15) is 0 Å². The highest BCUT2D eigenvalue weighted by Crippen LogP contribution is 2.50. The summed E-state index contributed by atoms with van der Waals surface area (Å²) >= 11 is 7.13. The van der Waals surface area contributed by atoms with Gasteiger partial charge in [-0.05, 0) is 79.7 Å². The smallest absolute Gasteiger partial charge is 0.405 e. The molecule has 0 spiro atoms. The molecule has 0 saturated carbocycles. The first-order valence-corrected chi connectivity index (χ1v) is 16.1. The van der Waals surface area contributed by atoms with Crippen molar-refractivity contribution in [3.63, 3.8) is 0 Å². The fourth-order valence-corrected chi connectivity index (χ4v) is 7.57. The van der Waals surface area contributed by atoms with E-state index in [1.54, 1.807) is 0 Å². The molecule has 212 valence electrons. The molecule has 2 fully saturated rings. The Morgan fingerprint density at radius 3 is 1.14 bits per heavy atom. The van der Waals surface area contributed by atoms with Crippen LogP contribution in [0.25, 0.3) is 22.3 Å². The molecule has 0 radical (unpaired) electrons. The van der Waals surface area contributed by atoms with Crippen LogP contribution in [0.2, 0.25) is 0 Å². The molecule has 2 aliphatic heterocycles. The lowest BCUT2D eigenvalue weighted by Crippen LogP contribution is -2.33. The van der Waals surface area contributed by atoms with Gasteiger partial charge < -0.3 is 18.6 Å². The largest absolute Gasteiger partial charge is 0.494 e. The van der Waals surface area contributed by atoms with Crippen molar-refractivity contribution in [3.8, 4) is 22.3 Å². The molecule has 42 heavy (non-hydrogen) atoms. The molecule has 8 rings (SSSR count). The molecule has 4 nitrogen and oxygen atoms in total. The van der Waals surface area contributed by atoms with Crippen molar-refractivity contribution in [1.82, 2.24) is 0 Å². The van der Waals surface area contributed by atoms with Gasteiger partial charge in [0.15, 0.2) is 0 Å². The molecular formula is C34H32B2Br2O4. The Labute approximate surface area is 265 Å². The average Bonchev–Trinajstić information content (AvgIpc) is 3.78. The van der Waals surface area contributed by atoms with Crippen molar-refractivity contribution in [2.24, 2.45) is 0 Å². The third-order valence-electron chi connectivity index (χ3n) is 9.11. The van der Waals surface area contributed by atoms with Crippen molar-refractivity contribution in [2.75, 3.05) is 26.4 Å². The Kier molecular flexibility index (Phi) is 7.32. The van der Waals surface area contributed by atoms with Crippen molar-refractivity contribution < 1.29 is 18.6 Å². The second-order valence-electron chi connectivity index (χ2n) is 12.4. The third-order valence-corrected chi connectivity index (χ3v) is 10.1. The van der Waals surface area contributed by atoms with E-state index in [4.69, 9.17) is 18.6 Å². The van der Waals surface area contributed by atoms with Crippen molar-refractivity contribution >= 4 is 57.0 Å². The maximum absolute atomic E-state index is 5.68. The summed E-state index contributed by atoms with van der Waals surface area (Å²) in [7, 11) is -0.471. The van der Waals surface area contributed by atoms with Crippen LogP contribution in [0.15, 0.2) is 81.7 Å². The Morgan fingerprint density at radius 2 is 0.786 bits per heavy atom. The van der Waals surface area contributed by atoms with E-state index in [-0.39, 0.29) is 25.1 Å². The zero-order valence-electron chi connectivity index (χ0n) is 24.3. The predicted molar refractivity (Wildman–Crippen MR) is 178 cm³/mol. The highest BCUT2D eigenvalue weighted by atomic mass is 79.9. The summed E-state index contributed by atoms with van der Waals surface area (Å²) in [4.78, 5) is 0. The SMILES string of the molecule is CC1(C)c2cc(B3OCCO3)ccc2-c2ccc(B3OCCO3)cc21.CC1(C)c2cc(Br)ccc2-c2ccc(Br)cc21. The summed E-state index contributed by atoms with van der Waals surface area (Å²) in [5, 5.41) is 0. The number of rotatable bonds is 2. The average molecular weight is 686 g/mol. The molecular weight excluding hydrogens is 654 g/mol. The summed E-state index contributed by atoms with van der Waals surface area (Å²) in [6.07, 6.45) is 0. The molecule has 0 bridgehead atoms. The van der Waals surface area contributed by atoms with Gasteiger partial charge in [0, 0.05) is 19.8 Å². The van der Waals surface area contributed by atoms with Crippen LogP contribution in [0, 0.1) is 0 Å². The van der Waals surface area contributed by atoms with Crippen molar-refractivity contribution in [1.29, 1.82) is 0 Å². The topological polar surface area (TPSA) is 36.9 Å². The van der Waals surface area contributed by atoms with Crippen LogP contribution in [0.5, 0.6) is 0 Å². The van der Waals surface area contributed by atoms with E-state index in [2.05, 4.69) is 132 Å². The van der Waals surface area contributed by atoms with Gasteiger partial charge in [-0.3, -0.25) is 0 Å². The number of benzene rings is 4. The standard InChI is InChI=1S/C19H20B2O4.C15H12Br2/c1-19(2)17-11-13(20-22-7-8-23-20)3-5-15(17)16-6-4-14(12-18(16)19)21-24-9-10-25-21;1-15(2)13-7-9(16)3-5-11(13)12-6-4-10(17)8-14(12)15/h3-6,11-12H,7-10H2,1-2H3;3-8H,1-2H3. The van der Waals surface area contributed by atoms with Crippen molar-refractivity contribution in [2.45, 2.75) is 38.5 Å². The zero-order valence-corrected chi connectivity index (χ0v) is 27.5. The second kappa shape index (κ2) is 10.8. The number of hydrogen-bond donors (Lipinski definition) is 0. The van der Waals surface area contributed by atoms with Crippen LogP contribution >= 0.6 is 31.9 Å². The van der Waals surface area contributed by atoms with E-state index < -0.39 is 0 Å². The van der Waals surface area contributed by atoms with Gasteiger partial charge >= 0.3 is 14.2 Å². The number of fused-ring (bicyclic) bond motifs is 6. The van der Waals surface area contributed by atoms with Gasteiger partial charge in [0.05, 0.1) is 26.4 Å². The minimum absolute atomic E-state index is 0.0755. The second-order valence-corrected chi connectivity index (χ2v) is 14.2. The van der Waals surface area contributed by atoms with Gasteiger partial charge in [0.1, 0.15) is 0 Å². The molecule has 2 aliphatic carbocycles. The van der Waals surface area contributed by atoms with Gasteiger partial charge in [-0.15, -0.1) is 0 Å². The number of hydrogen-bond acceptors (Lipinski definition) is 4. The van der Waals surface area contributed by atoms with Crippen LogP contribution in [0.3, 0.4) is 0 Å². The molecule has 4 aromatic rings. The molecule has 4 aromatic carbocycles. The fraction of sp³-hybridized carbons (Fsp3) is 0.294. The van der Waals surface area contributed by atoms with E-state index in [0.29, 0.717) is 26.4 Å². The zero-order chi connectivity index (χ0) is 29.2. The lowest BCUT2D eigenvalue weighted by molar-refractivity contribution is 0.365. The molecule has 8 heteroatoms. The van der Waals surface area contributed by atoms with Gasteiger partial charge in [0.2, 0.25) is 0 Å². The summed E-state index contributed by atoms with van der Waals surface area (Å²) in [5.74, 6) is 0. The van der Waals surface area contributed by atoms with Gasteiger partial charge in [-0.1, -0.05) is 108 Å². The first-order valence-electron chi connectivity index (χ1n) is 14.5. The lowest BCUT2D eigenvalue weighted by Gasteiger charge is -2.23. The van der Waals surface area contributed by atoms with E-state index in [0.717, 1.165) is 19.9 Å². The van der Waals surface area contributed by atoms with E-state index in [1.165, 1.54) is 44.5 Å². The maximum Gasteiger partial charge on any atom is 0.494 e. The Morgan fingerprint density at radius 1 is 0.476 bits per heavy atom. The summed E-state index contributed by atoms with van der Waals surface area (Å²) in [6, 6.07) is 26.3. The third kappa shape index (κ3) is 4.75. The van der Waals surface area contributed by atoms with Gasteiger partial charge in [-0.2, -0.15) is 0 Å². The summed E-state index contributed by atoms with van der Waals surface area (Å²) in [6.45, 7) is 11.8. The molecule has 0 atom stereocenters. The molecule has 0 unspecified atom stereocenters. The maximum atomic E-state index is 5.68. The summed E-state index contributed by atoms with van der Waals surface area (Å²) < 4.78 is 25.0. The van der Waals surface area contributed by atoms with Gasteiger partial charge in [-0.25, -0.2) is 0 Å². The normalized spacial score (nSPS) is 18.7. The van der Waals surface area contributed by atoms with Crippen LogP contribution in [0.1, 0.15) is 49.9 Å². The Hall–Kier alpha value is -2.19. The van der Waals surface area contributed by atoms with E-state index in [1.807, 2.05) is 0 Å². The predicted octanol–water partition coefficient (Wildman–Crippen LogP) is 6.99. The van der Waals surface area contributed by atoms with Crippen LogP contribution in [-0.2, 0) is 29.4 Å².